The van der Waals surface area contributed by atoms with Gasteiger partial charge in [-0.25, -0.2) is 8.42 Å². The number of benzene rings is 4. The van der Waals surface area contributed by atoms with E-state index in [4.69, 9.17) is 4.74 Å². The molecule has 0 spiro atoms. The fraction of sp³-hybridized carbons (Fsp3) is 0.143. The smallest absolute Gasteiger partial charge is 0.206 e. The lowest BCUT2D eigenvalue weighted by Gasteiger charge is -2.26. The van der Waals surface area contributed by atoms with Crippen LogP contribution in [-0.2, 0) is 15.3 Å². The number of hydrogen-bond donors (Lipinski definition) is 1. The number of phenols is 1. The molecular formula is C28H26O4S. The van der Waals surface area contributed by atoms with Crippen molar-refractivity contribution in [3.63, 3.8) is 0 Å². The van der Waals surface area contributed by atoms with Crippen molar-refractivity contribution in [1.82, 2.24) is 0 Å². The van der Waals surface area contributed by atoms with Gasteiger partial charge >= 0.3 is 0 Å². The first-order valence-electron chi connectivity index (χ1n) is 10.7. The van der Waals surface area contributed by atoms with Crippen molar-refractivity contribution in [3.8, 4) is 17.2 Å². The second kappa shape index (κ2) is 8.75. The van der Waals surface area contributed by atoms with Gasteiger partial charge in [-0.05, 0) is 78.7 Å². The molecule has 0 aliphatic heterocycles. The molecule has 0 heterocycles. The fourth-order valence-corrected chi connectivity index (χ4v) is 4.92. The maximum Gasteiger partial charge on any atom is 0.206 e. The van der Waals surface area contributed by atoms with Crippen molar-refractivity contribution in [2.24, 2.45) is 0 Å². The first kappa shape index (κ1) is 22.6. The van der Waals surface area contributed by atoms with E-state index in [1.54, 1.807) is 60.7 Å². The molecule has 4 aromatic carbocycles. The van der Waals surface area contributed by atoms with Gasteiger partial charge in [0.15, 0.2) is 0 Å². The molecule has 0 unspecified atom stereocenters. The van der Waals surface area contributed by atoms with Crippen LogP contribution in [0.25, 0.3) is 0 Å². The first-order chi connectivity index (χ1) is 15.7. The van der Waals surface area contributed by atoms with Crippen LogP contribution in [0.3, 0.4) is 0 Å². The van der Waals surface area contributed by atoms with Gasteiger partial charge in [-0.2, -0.15) is 0 Å². The van der Waals surface area contributed by atoms with Crippen LogP contribution in [0.5, 0.6) is 17.2 Å². The highest BCUT2D eigenvalue weighted by Gasteiger charge is 2.23. The summed E-state index contributed by atoms with van der Waals surface area (Å²) in [5.41, 5.74) is 2.98. The molecule has 4 aromatic rings. The normalized spacial score (nSPS) is 11.8. The summed E-state index contributed by atoms with van der Waals surface area (Å²) in [5, 5.41) is 9.55. The van der Waals surface area contributed by atoms with Gasteiger partial charge in [-0.1, -0.05) is 55.8 Å². The van der Waals surface area contributed by atoms with E-state index >= 15 is 0 Å². The van der Waals surface area contributed by atoms with Crippen LogP contribution in [-0.4, -0.2) is 13.5 Å². The summed E-state index contributed by atoms with van der Waals surface area (Å²) < 4.78 is 31.6. The molecule has 1 N–H and O–H groups in total. The van der Waals surface area contributed by atoms with Crippen LogP contribution in [0.4, 0.5) is 0 Å². The van der Waals surface area contributed by atoms with Crippen molar-refractivity contribution in [2.75, 3.05) is 0 Å². The maximum absolute atomic E-state index is 12.8. The Balaban J connectivity index is 1.49. The Labute approximate surface area is 195 Å². The van der Waals surface area contributed by atoms with Crippen LogP contribution >= 0.6 is 0 Å². The monoisotopic (exact) mass is 458 g/mol. The fourth-order valence-electron chi connectivity index (χ4n) is 3.66. The van der Waals surface area contributed by atoms with Gasteiger partial charge in [0.25, 0.3) is 0 Å². The Kier molecular flexibility index (Phi) is 6.00. The molecule has 0 fully saturated rings. The Bertz CT molecular complexity index is 1340. The topological polar surface area (TPSA) is 63.6 Å². The molecule has 168 valence electrons. The van der Waals surface area contributed by atoms with E-state index in [-0.39, 0.29) is 21.0 Å². The highest BCUT2D eigenvalue weighted by molar-refractivity contribution is 7.91. The largest absolute Gasteiger partial charge is 0.508 e. The minimum absolute atomic E-state index is 0.227. The number of rotatable bonds is 6. The third-order valence-corrected chi connectivity index (χ3v) is 7.65. The summed E-state index contributed by atoms with van der Waals surface area (Å²) in [6.45, 7) is 6.17. The zero-order valence-electron chi connectivity index (χ0n) is 18.8. The summed E-state index contributed by atoms with van der Waals surface area (Å²) in [4.78, 5) is 0.498. The van der Waals surface area contributed by atoms with Gasteiger partial charge < -0.3 is 9.84 Å². The molecular weight excluding hydrogens is 432 g/mol. The Morgan fingerprint density at radius 1 is 0.636 bits per heavy atom. The second-order valence-corrected chi connectivity index (χ2v) is 10.5. The zero-order chi connectivity index (χ0) is 23.6. The first-order valence-corrected chi connectivity index (χ1v) is 12.1. The average molecular weight is 459 g/mol. The molecule has 0 aliphatic carbocycles. The van der Waals surface area contributed by atoms with Gasteiger partial charge in [0.1, 0.15) is 17.2 Å². The number of phenolic OH excluding ortho intramolecular Hbond substituents is 1. The Hall–Kier alpha value is -3.57. The molecule has 0 bridgehead atoms. The number of ether oxygens (including phenoxy) is 1. The van der Waals surface area contributed by atoms with Crippen molar-refractivity contribution in [2.45, 2.75) is 36.0 Å². The van der Waals surface area contributed by atoms with Crippen molar-refractivity contribution in [1.29, 1.82) is 0 Å². The van der Waals surface area contributed by atoms with Gasteiger partial charge in [0.2, 0.25) is 9.84 Å². The van der Waals surface area contributed by atoms with Gasteiger partial charge in [-0.15, -0.1) is 0 Å². The molecule has 0 aliphatic rings. The molecule has 0 saturated heterocycles. The Morgan fingerprint density at radius 2 is 1.03 bits per heavy atom. The maximum atomic E-state index is 12.8. The molecule has 5 heteroatoms. The van der Waals surface area contributed by atoms with Crippen LogP contribution in [0, 0.1) is 6.92 Å². The molecule has 4 rings (SSSR count). The predicted octanol–water partition coefficient (Wildman–Crippen LogP) is 6.65. The highest BCUT2D eigenvalue weighted by Crippen LogP contribution is 2.34. The van der Waals surface area contributed by atoms with Gasteiger partial charge in [-0.3, -0.25) is 0 Å². The van der Waals surface area contributed by atoms with E-state index in [1.807, 2.05) is 43.3 Å². The summed E-state index contributed by atoms with van der Waals surface area (Å²) in [6, 6.07) is 28.3. The van der Waals surface area contributed by atoms with Crippen molar-refractivity contribution >= 4 is 9.84 Å². The lowest BCUT2D eigenvalue weighted by Crippen LogP contribution is -2.18. The summed E-state index contributed by atoms with van der Waals surface area (Å²) in [7, 11) is -3.57. The van der Waals surface area contributed by atoms with E-state index in [2.05, 4.69) is 13.8 Å². The summed E-state index contributed by atoms with van der Waals surface area (Å²) in [6.07, 6.45) is 0. The minimum Gasteiger partial charge on any atom is -0.508 e. The van der Waals surface area contributed by atoms with Crippen LogP contribution < -0.4 is 4.74 Å². The van der Waals surface area contributed by atoms with E-state index in [0.717, 1.165) is 16.7 Å². The molecule has 0 radical (unpaired) electrons. The van der Waals surface area contributed by atoms with E-state index in [9.17, 15) is 13.5 Å². The number of sulfone groups is 1. The van der Waals surface area contributed by atoms with Gasteiger partial charge in [0, 0.05) is 5.41 Å². The average Bonchev–Trinajstić information content (AvgIpc) is 2.80. The molecule has 33 heavy (non-hydrogen) atoms. The van der Waals surface area contributed by atoms with Crippen molar-refractivity contribution in [3.05, 3.63) is 114 Å². The van der Waals surface area contributed by atoms with Crippen LogP contribution in [0.15, 0.2) is 107 Å². The van der Waals surface area contributed by atoms with Crippen molar-refractivity contribution < 1.29 is 18.3 Å². The minimum atomic E-state index is -3.57. The number of hydrogen-bond acceptors (Lipinski definition) is 4. The van der Waals surface area contributed by atoms with E-state index < -0.39 is 9.84 Å². The molecule has 4 nitrogen and oxygen atoms in total. The van der Waals surface area contributed by atoms with E-state index in [1.165, 1.54) is 0 Å². The van der Waals surface area contributed by atoms with Crippen LogP contribution in [0.1, 0.15) is 30.5 Å². The zero-order valence-corrected chi connectivity index (χ0v) is 19.6. The molecule has 0 atom stereocenters. The standard InChI is InChI=1S/C28H26O4S/c1-20-4-16-26(17-5-20)33(30,31)27-18-14-25(15-19-27)32-24-12-8-22(9-13-24)28(2,3)21-6-10-23(29)11-7-21/h4-19,29H,1-3H3. The lowest BCUT2D eigenvalue weighted by molar-refractivity contribution is 0.474. The highest BCUT2D eigenvalue weighted by atomic mass is 32.2. The quantitative estimate of drug-likeness (QED) is 0.351. The number of aromatic hydroxyl groups is 1. The van der Waals surface area contributed by atoms with Gasteiger partial charge in [0.05, 0.1) is 9.79 Å². The summed E-state index contributed by atoms with van der Waals surface area (Å²) in [5.74, 6) is 1.47. The summed E-state index contributed by atoms with van der Waals surface area (Å²) >= 11 is 0. The van der Waals surface area contributed by atoms with Crippen LogP contribution in [0.2, 0.25) is 0 Å². The Morgan fingerprint density at radius 3 is 1.52 bits per heavy atom. The third kappa shape index (κ3) is 4.78. The molecule has 0 amide bonds. The lowest BCUT2D eigenvalue weighted by atomic mass is 9.78. The third-order valence-electron chi connectivity index (χ3n) is 5.87. The molecule has 0 saturated carbocycles. The predicted molar refractivity (Wildman–Crippen MR) is 130 cm³/mol. The molecule has 0 aromatic heterocycles. The second-order valence-electron chi connectivity index (χ2n) is 8.59. The number of aryl methyl sites for hydroxylation is 1. The SMILES string of the molecule is Cc1ccc(S(=O)(=O)c2ccc(Oc3ccc(C(C)(C)c4ccc(O)cc4)cc3)cc2)cc1. The van der Waals surface area contributed by atoms with E-state index in [0.29, 0.717) is 11.5 Å².